The van der Waals surface area contributed by atoms with Gasteiger partial charge in [0.05, 0.1) is 35.7 Å². The Bertz CT molecular complexity index is 937. The fourth-order valence-electron chi connectivity index (χ4n) is 2.74. The summed E-state index contributed by atoms with van der Waals surface area (Å²) in [4.78, 5) is 12.8. The number of carbonyl (C=O) groups is 1. The monoisotopic (exact) mass is 404 g/mol. The number of amides is 1. The van der Waals surface area contributed by atoms with E-state index in [9.17, 15) is 4.79 Å². The van der Waals surface area contributed by atoms with Gasteiger partial charge in [-0.2, -0.15) is 10.1 Å². The van der Waals surface area contributed by atoms with Gasteiger partial charge in [-0.25, -0.2) is 0 Å². The highest BCUT2D eigenvalue weighted by atomic mass is 35.5. The molecule has 0 radical (unpaired) electrons. The molecule has 0 atom stereocenters. The molecule has 0 bridgehead atoms. The number of hydrazone groups is 1. The molecule has 0 aromatic heterocycles. The van der Waals surface area contributed by atoms with E-state index in [-0.39, 0.29) is 5.91 Å². The van der Waals surface area contributed by atoms with Crippen molar-refractivity contribution < 1.29 is 14.3 Å². The van der Waals surface area contributed by atoms with E-state index >= 15 is 0 Å². The van der Waals surface area contributed by atoms with Crippen LogP contribution in [0.4, 0.5) is 5.69 Å². The fraction of sp³-hybridized carbons (Fsp3) is 0.200. The number of carbonyl (C=O) groups excluding carboxylic acids is 1. The second-order valence-corrected chi connectivity index (χ2v) is 6.65. The standard InChI is InChI=1S/C20H18Cl2N2O3/c1-4-27-18-11-13(10-17(22)19(18)26-3)9-16-12(2)23-24(20(16)25)15-7-5-14(21)6-8-15/h5-11H,4H2,1-3H3/b16-9+. The van der Waals surface area contributed by atoms with E-state index < -0.39 is 0 Å². The zero-order chi connectivity index (χ0) is 19.6. The van der Waals surface area contributed by atoms with Gasteiger partial charge < -0.3 is 9.47 Å². The van der Waals surface area contributed by atoms with Crippen molar-refractivity contribution in [1.82, 2.24) is 0 Å². The van der Waals surface area contributed by atoms with Crippen molar-refractivity contribution in [2.24, 2.45) is 5.10 Å². The Labute approximate surface area is 167 Å². The molecule has 0 N–H and O–H groups in total. The second-order valence-electron chi connectivity index (χ2n) is 5.80. The van der Waals surface area contributed by atoms with Crippen LogP contribution in [0.5, 0.6) is 11.5 Å². The van der Waals surface area contributed by atoms with Crippen LogP contribution < -0.4 is 14.5 Å². The third kappa shape index (κ3) is 3.94. The Morgan fingerprint density at radius 1 is 1.19 bits per heavy atom. The summed E-state index contributed by atoms with van der Waals surface area (Å²) in [5, 5.41) is 6.72. The van der Waals surface area contributed by atoms with Gasteiger partial charge in [0.15, 0.2) is 11.5 Å². The first kappa shape index (κ1) is 19.3. The maximum Gasteiger partial charge on any atom is 0.280 e. The van der Waals surface area contributed by atoms with Crippen LogP contribution in [0.25, 0.3) is 6.08 Å². The largest absolute Gasteiger partial charge is 0.491 e. The van der Waals surface area contributed by atoms with E-state index in [1.54, 1.807) is 49.4 Å². The van der Waals surface area contributed by atoms with Crippen LogP contribution in [0.3, 0.4) is 0 Å². The predicted octanol–water partition coefficient (Wildman–Crippen LogP) is 5.21. The lowest BCUT2D eigenvalue weighted by Crippen LogP contribution is -2.21. The molecular weight excluding hydrogens is 387 g/mol. The van der Waals surface area contributed by atoms with Gasteiger partial charge in [-0.3, -0.25) is 4.79 Å². The van der Waals surface area contributed by atoms with Gasteiger partial charge >= 0.3 is 0 Å². The van der Waals surface area contributed by atoms with E-state index in [4.69, 9.17) is 32.7 Å². The van der Waals surface area contributed by atoms with Crippen LogP contribution in [0.2, 0.25) is 10.0 Å². The third-order valence-electron chi connectivity index (χ3n) is 3.98. The average Bonchev–Trinajstić information content (AvgIpc) is 2.91. The van der Waals surface area contributed by atoms with Crippen LogP contribution in [0.1, 0.15) is 19.4 Å². The molecular formula is C20H18Cl2N2O3. The number of hydrogen-bond donors (Lipinski definition) is 0. The fourth-order valence-corrected chi connectivity index (χ4v) is 3.16. The van der Waals surface area contributed by atoms with E-state index in [0.717, 1.165) is 5.56 Å². The summed E-state index contributed by atoms with van der Waals surface area (Å²) >= 11 is 12.2. The maximum absolute atomic E-state index is 12.8. The molecule has 1 aliphatic rings. The maximum atomic E-state index is 12.8. The van der Waals surface area contributed by atoms with Gasteiger partial charge in [0.2, 0.25) is 0 Å². The molecule has 0 fully saturated rings. The molecule has 0 saturated carbocycles. The molecule has 7 heteroatoms. The Morgan fingerprint density at radius 2 is 1.89 bits per heavy atom. The normalized spacial score (nSPS) is 15.3. The molecule has 1 aliphatic heterocycles. The highest BCUT2D eigenvalue weighted by Gasteiger charge is 2.28. The summed E-state index contributed by atoms with van der Waals surface area (Å²) in [5.74, 6) is 0.764. The third-order valence-corrected chi connectivity index (χ3v) is 4.51. The minimum atomic E-state index is -0.222. The SMILES string of the molecule is CCOc1cc(/C=C2/C(=O)N(c3ccc(Cl)cc3)N=C2C)cc(Cl)c1OC. The van der Waals surface area contributed by atoms with E-state index in [1.165, 1.54) is 12.1 Å². The lowest BCUT2D eigenvalue weighted by molar-refractivity contribution is -0.114. The molecule has 27 heavy (non-hydrogen) atoms. The first-order valence-corrected chi connectivity index (χ1v) is 9.07. The van der Waals surface area contributed by atoms with Crippen molar-refractivity contribution >= 4 is 46.6 Å². The van der Waals surface area contributed by atoms with Crippen molar-refractivity contribution in [3.8, 4) is 11.5 Å². The molecule has 0 spiro atoms. The highest BCUT2D eigenvalue weighted by molar-refractivity contribution is 6.34. The molecule has 0 aliphatic carbocycles. The zero-order valence-electron chi connectivity index (χ0n) is 15.1. The van der Waals surface area contributed by atoms with Crippen molar-refractivity contribution in [2.75, 3.05) is 18.7 Å². The predicted molar refractivity (Wildman–Crippen MR) is 109 cm³/mol. The van der Waals surface area contributed by atoms with Gasteiger partial charge in [0, 0.05) is 5.02 Å². The molecule has 2 aromatic rings. The summed E-state index contributed by atoms with van der Waals surface area (Å²) in [7, 11) is 1.53. The summed E-state index contributed by atoms with van der Waals surface area (Å²) in [6.07, 6.45) is 1.74. The Balaban J connectivity index is 1.97. The highest BCUT2D eigenvalue weighted by Crippen LogP contribution is 2.37. The topological polar surface area (TPSA) is 51.1 Å². The van der Waals surface area contributed by atoms with Crippen molar-refractivity contribution in [3.05, 3.63) is 57.6 Å². The van der Waals surface area contributed by atoms with Gasteiger partial charge in [-0.1, -0.05) is 23.2 Å². The molecule has 1 amide bonds. The number of benzene rings is 2. The number of nitrogens with zero attached hydrogens (tertiary/aromatic N) is 2. The molecule has 0 saturated heterocycles. The smallest absolute Gasteiger partial charge is 0.280 e. The Hall–Kier alpha value is -2.50. The second kappa shape index (κ2) is 8.03. The van der Waals surface area contributed by atoms with Crippen LogP contribution >= 0.6 is 23.2 Å². The van der Waals surface area contributed by atoms with Gasteiger partial charge in [0.25, 0.3) is 5.91 Å². The average molecular weight is 405 g/mol. The molecule has 3 rings (SSSR count). The quantitative estimate of drug-likeness (QED) is 0.642. The van der Waals surface area contributed by atoms with Crippen molar-refractivity contribution in [2.45, 2.75) is 13.8 Å². The minimum Gasteiger partial charge on any atom is -0.491 e. The number of methoxy groups -OCH3 is 1. The van der Waals surface area contributed by atoms with Crippen LogP contribution in [0.15, 0.2) is 47.1 Å². The van der Waals surface area contributed by atoms with Crippen molar-refractivity contribution in [1.29, 1.82) is 0 Å². The molecule has 0 unspecified atom stereocenters. The minimum absolute atomic E-state index is 0.222. The lowest BCUT2D eigenvalue weighted by atomic mass is 10.1. The van der Waals surface area contributed by atoms with Gasteiger partial charge in [-0.15, -0.1) is 0 Å². The number of rotatable bonds is 5. The van der Waals surface area contributed by atoms with Crippen LogP contribution in [-0.2, 0) is 4.79 Å². The number of anilines is 1. The van der Waals surface area contributed by atoms with Gasteiger partial charge in [-0.05, 0) is 61.9 Å². The Morgan fingerprint density at radius 3 is 2.52 bits per heavy atom. The molecule has 2 aromatic carbocycles. The van der Waals surface area contributed by atoms with Crippen LogP contribution in [0, 0.1) is 0 Å². The molecule has 1 heterocycles. The number of halogens is 2. The summed E-state index contributed by atoms with van der Waals surface area (Å²) < 4.78 is 10.9. The number of ether oxygens (including phenoxy) is 2. The van der Waals surface area contributed by atoms with Crippen molar-refractivity contribution in [3.63, 3.8) is 0 Å². The van der Waals surface area contributed by atoms with E-state index in [0.29, 0.717) is 45.1 Å². The van der Waals surface area contributed by atoms with E-state index in [1.807, 2.05) is 6.92 Å². The van der Waals surface area contributed by atoms with Crippen LogP contribution in [-0.4, -0.2) is 25.3 Å². The molecule has 5 nitrogen and oxygen atoms in total. The summed E-state index contributed by atoms with van der Waals surface area (Å²) in [5.41, 5.74) is 2.46. The first-order valence-electron chi connectivity index (χ1n) is 8.32. The Kier molecular flexibility index (Phi) is 5.73. The number of hydrogen-bond acceptors (Lipinski definition) is 4. The lowest BCUT2D eigenvalue weighted by Gasteiger charge is -2.13. The zero-order valence-corrected chi connectivity index (χ0v) is 16.6. The molecule has 140 valence electrons. The summed E-state index contributed by atoms with van der Waals surface area (Å²) in [6.45, 7) is 4.13. The summed E-state index contributed by atoms with van der Waals surface area (Å²) in [6, 6.07) is 10.4. The first-order chi connectivity index (χ1) is 12.9. The van der Waals surface area contributed by atoms with Gasteiger partial charge in [0.1, 0.15) is 0 Å². The van der Waals surface area contributed by atoms with E-state index in [2.05, 4.69) is 5.10 Å².